The zero-order valence-electron chi connectivity index (χ0n) is 23.7. The number of nitrogens with one attached hydrogen (secondary N) is 1. The van der Waals surface area contributed by atoms with Crippen LogP contribution < -0.4 is 5.32 Å². The van der Waals surface area contributed by atoms with Gasteiger partial charge in [0.1, 0.15) is 11.7 Å². The number of benzene rings is 1. The van der Waals surface area contributed by atoms with Crippen LogP contribution in [-0.4, -0.2) is 57.8 Å². The van der Waals surface area contributed by atoms with Crippen LogP contribution in [-0.2, 0) is 11.2 Å². The van der Waals surface area contributed by atoms with Gasteiger partial charge in [-0.1, -0.05) is 47.6 Å². The van der Waals surface area contributed by atoms with Crippen LogP contribution in [0.4, 0.5) is 5.69 Å². The molecule has 4 N–H and O–H groups in total. The summed E-state index contributed by atoms with van der Waals surface area (Å²) < 4.78 is 5.87. The number of methoxy groups -OCH3 is 1. The number of fused-ring (bicyclic) bond motifs is 5. The Labute approximate surface area is 241 Å². The van der Waals surface area contributed by atoms with Crippen molar-refractivity contribution in [1.82, 2.24) is 0 Å². The third-order valence-corrected chi connectivity index (χ3v) is 15.6. The number of ether oxygens (including phenoxy) is 1. The molecule has 1 aromatic carbocycles. The first-order valence-corrected chi connectivity index (χ1v) is 17.5. The average molecular weight is 572 g/mol. The molecule has 0 radical (unpaired) electrons. The molecule has 0 aromatic heterocycles. The minimum atomic E-state index is -1.04. The quantitative estimate of drug-likeness (QED) is 0.321. The number of hydrogen-bond acceptors (Lipinski definition) is 7. The standard InChI is InChI=1S/C32H45NO4S2/c1-18(34)24-17-39-38-16-22-15-31(14-21(22)10-19-6-5-7-23(11-19)33-24)9-8-20-13-29(2)30(31,3)27(20)28-25(35)12-26(37-4)32(28,29)36/h5-7,11-12,18,20-22,24,26-28,33-36H,8-10,13-17H2,1-4H3. The van der Waals surface area contributed by atoms with E-state index in [1.807, 2.05) is 34.6 Å². The highest BCUT2D eigenvalue weighted by atomic mass is 33.1. The number of anilines is 1. The molecule has 0 amide bonds. The molecule has 12 unspecified atom stereocenters. The Kier molecular flexibility index (Phi) is 6.28. The molecule has 1 aromatic rings. The molecule has 214 valence electrons. The molecule has 12 atom stereocenters. The number of aliphatic hydroxyl groups excluding tert-OH is 2. The Hall–Kier alpha value is -0.860. The van der Waals surface area contributed by atoms with Crippen molar-refractivity contribution < 1.29 is 20.1 Å². The Bertz CT molecular complexity index is 1180. The van der Waals surface area contributed by atoms with Crippen LogP contribution in [0.25, 0.3) is 0 Å². The molecule has 4 fully saturated rings. The molecule has 0 saturated heterocycles. The maximum Gasteiger partial charge on any atom is 0.110 e. The summed E-state index contributed by atoms with van der Waals surface area (Å²) in [5.41, 5.74) is 1.27. The van der Waals surface area contributed by atoms with E-state index in [-0.39, 0.29) is 28.2 Å². The van der Waals surface area contributed by atoms with Crippen molar-refractivity contribution in [1.29, 1.82) is 0 Å². The monoisotopic (exact) mass is 571 g/mol. The third-order valence-electron chi connectivity index (χ3n) is 13.1. The summed E-state index contributed by atoms with van der Waals surface area (Å²) in [5.74, 6) is 4.27. The minimum Gasteiger partial charge on any atom is -0.512 e. The van der Waals surface area contributed by atoms with E-state index in [0.29, 0.717) is 29.4 Å². The van der Waals surface area contributed by atoms with Crippen molar-refractivity contribution in [2.75, 3.05) is 23.9 Å². The maximum absolute atomic E-state index is 12.5. The predicted octanol–water partition coefficient (Wildman–Crippen LogP) is 6.07. The van der Waals surface area contributed by atoms with E-state index in [0.717, 1.165) is 30.0 Å². The SMILES string of the molecule is COC1C=C(O)C2C3C4CCC5(CC6CSSCC(C(C)O)Nc7cccc(c7)CC6C5)C3(C)C(C)(C4)C12O. The van der Waals surface area contributed by atoms with Gasteiger partial charge in [-0.05, 0) is 104 Å². The van der Waals surface area contributed by atoms with E-state index in [1.165, 1.54) is 31.2 Å². The summed E-state index contributed by atoms with van der Waals surface area (Å²) in [6.07, 6.45) is 7.94. The smallest absolute Gasteiger partial charge is 0.110 e. The molecule has 39 heavy (non-hydrogen) atoms. The molecule has 7 rings (SSSR count). The normalized spacial score (nSPS) is 50.9. The summed E-state index contributed by atoms with van der Waals surface area (Å²) in [6, 6.07) is 8.89. The van der Waals surface area contributed by atoms with Gasteiger partial charge < -0.3 is 25.4 Å². The zero-order valence-corrected chi connectivity index (χ0v) is 25.4. The second-order valence-corrected chi connectivity index (χ2v) is 16.8. The lowest BCUT2D eigenvalue weighted by Gasteiger charge is -2.57. The topological polar surface area (TPSA) is 82.0 Å². The van der Waals surface area contributed by atoms with Gasteiger partial charge in [-0.15, -0.1) is 0 Å². The Morgan fingerprint density at radius 2 is 1.85 bits per heavy atom. The zero-order chi connectivity index (χ0) is 27.4. The average Bonchev–Trinajstić information content (AvgIpc) is 3.48. The van der Waals surface area contributed by atoms with E-state index < -0.39 is 17.8 Å². The van der Waals surface area contributed by atoms with Crippen molar-refractivity contribution in [2.24, 2.45) is 45.8 Å². The number of hydrogen-bond donors (Lipinski definition) is 4. The summed E-state index contributed by atoms with van der Waals surface area (Å²) in [6.45, 7) is 6.75. The lowest BCUT2D eigenvalue weighted by Crippen LogP contribution is -2.59. The van der Waals surface area contributed by atoms with Gasteiger partial charge in [0.15, 0.2) is 0 Å². The Morgan fingerprint density at radius 3 is 2.62 bits per heavy atom. The highest BCUT2D eigenvalue weighted by molar-refractivity contribution is 8.76. The van der Waals surface area contributed by atoms with Crippen LogP contribution in [0.1, 0.15) is 58.4 Å². The van der Waals surface area contributed by atoms with Gasteiger partial charge in [-0.25, -0.2) is 0 Å². The van der Waals surface area contributed by atoms with Crippen molar-refractivity contribution in [3.63, 3.8) is 0 Å². The minimum absolute atomic E-state index is 0.0285. The van der Waals surface area contributed by atoms with E-state index in [1.54, 1.807) is 7.11 Å². The highest BCUT2D eigenvalue weighted by Gasteiger charge is 2.86. The number of rotatable bonds is 2. The molecule has 1 spiro atoms. The van der Waals surface area contributed by atoms with Gasteiger partial charge in [0.25, 0.3) is 0 Å². The summed E-state index contributed by atoms with van der Waals surface area (Å²) in [5, 5.41) is 37.8. The molecule has 1 aliphatic heterocycles. The van der Waals surface area contributed by atoms with Crippen LogP contribution in [0.5, 0.6) is 0 Å². The van der Waals surface area contributed by atoms with Gasteiger partial charge >= 0.3 is 0 Å². The Balaban J connectivity index is 1.25. The van der Waals surface area contributed by atoms with Crippen LogP contribution in [0.15, 0.2) is 36.1 Å². The van der Waals surface area contributed by atoms with Crippen LogP contribution in [0.3, 0.4) is 0 Å². The van der Waals surface area contributed by atoms with Gasteiger partial charge in [-0.2, -0.15) is 0 Å². The molecular formula is C32H45NO4S2. The van der Waals surface area contributed by atoms with Crippen molar-refractivity contribution >= 4 is 27.3 Å². The van der Waals surface area contributed by atoms with Crippen LogP contribution in [0.2, 0.25) is 0 Å². The molecule has 6 aliphatic rings. The van der Waals surface area contributed by atoms with Crippen LogP contribution in [0, 0.1) is 45.8 Å². The molecule has 5 aliphatic carbocycles. The highest BCUT2D eigenvalue weighted by Crippen LogP contribution is 2.86. The van der Waals surface area contributed by atoms with Crippen molar-refractivity contribution in [3.05, 3.63) is 41.7 Å². The molecule has 5 nitrogen and oxygen atoms in total. The summed E-state index contributed by atoms with van der Waals surface area (Å²) >= 11 is 0. The van der Waals surface area contributed by atoms with Gasteiger partial charge in [0.2, 0.25) is 0 Å². The second-order valence-electron chi connectivity index (χ2n) is 14.3. The van der Waals surface area contributed by atoms with Crippen molar-refractivity contribution in [2.45, 2.75) is 83.1 Å². The lowest BCUT2D eigenvalue weighted by atomic mass is 9.48. The van der Waals surface area contributed by atoms with E-state index in [2.05, 4.69) is 43.4 Å². The van der Waals surface area contributed by atoms with E-state index >= 15 is 0 Å². The lowest BCUT2D eigenvalue weighted by molar-refractivity contribution is -0.181. The summed E-state index contributed by atoms with van der Waals surface area (Å²) in [4.78, 5) is 0. The fourth-order valence-electron chi connectivity index (χ4n) is 11.3. The maximum atomic E-state index is 12.5. The van der Waals surface area contributed by atoms with E-state index in [9.17, 15) is 15.3 Å². The van der Waals surface area contributed by atoms with Crippen molar-refractivity contribution in [3.8, 4) is 0 Å². The first kappa shape index (κ1) is 27.0. The van der Waals surface area contributed by atoms with E-state index in [4.69, 9.17) is 4.74 Å². The van der Waals surface area contributed by atoms with Gasteiger partial charge in [0.05, 0.1) is 23.8 Å². The Morgan fingerprint density at radius 1 is 1.08 bits per heavy atom. The molecule has 4 saturated carbocycles. The van der Waals surface area contributed by atoms with Crippen LogP contribution >= 0.6 is 21.6 Å². The third kappa shape index (κ3) is 3.40. The first-order chi connectivity index (χ1) is 18.6. The fraction of sp³-hybridized carbons (Fsp3) is 0.750. The molecular weight excluding hydrogens is 526 g/mol. The largest absolute Gasteiger partial charge is 0.512 e. The molecule has 1 heterocycles. The van der Waals surface area contributed by atoms with Gasteiger partial charge in [0, 0.05) is 29.7 Å². The first-order valence-electron chi connectivity index (χ1n) is 15.0. The summed E-state index contributed by atoms with van der Waals surface area (Å²) in [7, 11) is 5.56. The fourth-order valence-corrected chi connectivity index (χ4v) is 14.1. The number of aliphatic hydroxyl groups is 3. The second kappa shape index (κ2) is 9.07. The van der Waals surface area contributed by atoms with Gasteiger partial charge in [-0.3, -0.25) is 0 Å². The molecule has 6 bridgehead atoms. The predicted molar refractivity (Wildman–Crippen MR) is 160 cm³/mol. The molecule has 7 heteroatoms.